The maximum Gasteiger partial charge on any atom is 0.358 e. The van der Waals surface area contributed by atoms with Crippen molar-refractivity contribution < 1.29 is 14.3 Å². The van der Waals surface area contributed by atoms with Gasteiger partial charge in [-0.05, 0) is 24.5 Å². The van der Waals surface area contributed by atoms with Crippen LogP contribution in [0.3, 0.4) is 0 Å². The van der Waals surface area contributed by atoms with Gasteiger partial charge in [0.25, 0.3) is 5.91 Å². The molecular formula is C23H24N2O3S. The Morgan fingerprint density at radius 1 is 1.03 bits per heavy atom. The molecule has 3 rings (SSSR count). The van der Waals surface area contributed by atoms with Crippen LogP contribution in [-0.4, -0.2) is 35.4 Å². The molecule has 2 aromatic carbocycles. The number of aryl methyl sites for hydroxylation is 2. The Kier molecular flexibility index (Phi) is 6.77. The Morgan fingerprint density at radius 2 is 1.69 bits per heavy atom. The minimum Gasteiger partial charge on any atom is -0.451 e. The number of hydrogen-bond donors (Lipinski definition) is 0. The van der Waals surface area contributed by atoms with Gasteiger partial charge in [0.05, 0.1) is 0 Å². The molecule has 1 heterocycles. The number of hydrogen-bond acceptors (Lipinski definition) is 5. The van der Waals surface area contributed by atoms with Gasteiger partial charge in [-0.3, -0.25) is 4.79 Å². The predicted octanol–water partition coefficient (Wildman–Crippen LogP) is 4.50. The lowest BCUT2D eigenvalue weighted by molar-refractivity contribution is -0.133. The molecule has 1 aromatic heterocycles. The molecule has 6 heteroatoms. The van der Waals surface area contributed by atoms with Crippen LogP contribution < -0.4 is 0 Å². The standard InChI is InChI=1S/C23H24N2O3S/c1-4-17-9-11-19(12-10-17)22-24-20(15-29-22)23(27)28-14-21(26)25(3)13-18-7-5-16(2)6-8-18/h5-12,15H,4,13-14H2,1-3H3. The van der Waals surface area contributed by atoms with E-state index in [1.165, 1.54) is 22.5 Å². The van der Waals surface area contributed by atoms with Crippen molar-refractivity contribution in [1.29, 1.82) is 0 Å². The fraction of sp³-hybridized carbons (Fsp3) is 0.261. The highest BCUT2D eigenvalue weighted by Gasteiger charge is 2.17. The molecule has 0 bridgehead atoms. The van der Waals surface area contributed by atoms with E-state index in [9.17, 15) is 9.59 Å². The number of esters is 1. The Balaban J connectivity index is 1.54. The summed E-state index contributed by atoms with van der Waals surface area (Å²) in [6.07, 6.45) is 0.974. The maximum absolute atomic E-state index is 12.3. The molecule has 150 valence electrons. The number of carbonyl (C=O) groups excluding carboxylic acids is 2. The van der Waals surface area contributed by atoms with Crippen molar-refractivity contribution in [3.05, 3.63) is 76.3 Å². The van der Waals surface area contributed by atoms with E-state index in [0.717, 1.165) is 22.6 Å². The average Bonchev–Trinajstić information content (AvgIpc) is 3.23. The molecule has 0 radical (unpaired) electrons. The number of amides is 1. The zero-order valence-electron chi connectivity index (χ0n) is 16.8. The van der Waals surface area contributed by atoms with Gasteiger partial charge < -0.3 is 9.64 Å². The summed E-state index contributed by atoms with van der Waals surface area (Å²) in [5.74, 6) is -0.848. The summed E-state index contributed by atoms with van der Waals surface area (Å²) >= 11 is 1.38. The van der Waals surface area contributed by atoms with Crippen molar-refractivity contribution in [1.82, 2.24) is 9.88 Å². The number of thiazole rings is 1. The van der Waals surface area contributed by atoms with Gasteiger partial charge in [-0.2, -0.15) is 0 Å². The van der Waals surface area contributed by atoms with Crippen molar-refractivity contribution in [2.24, 2.45) is 0 Å². The molecule has 0 aliphatic rings. The SMILES string of the molecule is CCc1ccc(-c2nc(C(=O)OCC(=O)N(C)Cc3ccc(C)cc3)cs2)cc1. The smallest absolute Gasteiger partial charge is 0.358 e. The lowest BCUT2D eigenvalue weighted by atomic mass is 10.1. The number of nitrogens with zero attached hydrogens (tertiary/aromatic N) is 2. The highest BCUT2D eigenvalue weighted by Crippen LogP contribution is 2.24. The summed E-state index contributed by atoms with van der Waals surface area (Å²) < 4.78 is 5.17. The summed E-state index contributed by atoms with van der Waals surface area (Å²) in [7, 11) is 1.69. The molecule has 0 spiro atoms. The normalized spacial score (nSPS) is 10.6. The Labute approximate surface area is 175 Å². The van der Waals surface area contributed by atoms with Gasteiger partial charge in [0.1, 0.15) is 5.01 Å². The van der Waals surface area contributed by atoms with Crippen LogP contribution in [0.2, 0.25) is 0 Å². The maximum atomic E-state index is 12.3. The van der Waals surface area contributed by atoms with Crippen LogP contribution in [0, 0.1) is 6.92 Å². The molecule has 0 aliphatic heterocycles. The van der Waals surface area contributed by atoms with Gasteiger partial charge in [0.2, 0.25) is 0 Å². The predicted molar refractivity (Wildman–Crippen MR) is 115 cm³/mol. The summed E-state index contributed by atoms with van der Waals surface area (Å²) in [4.78, 5) is 30.4. The van der Waals surface area contributed by atoms with Crippen molar-refractivity contribution in [3.63, 3.8) is 0 Å². The molecule has 5 nitrogen and oxygen atoms in total. The average molecular weight is 409 g/mol. The van der Waals surface area contributed by atoms with E-state index in [-0.39, 0.29) is 18.2 Å². The lowest BCUT2D eigenvalue weighted by Gasteiger charge is -2.17. The molecule has 0 atom stereocenters. The summed E-state index contributed by atoms with van der Waals surface area (Å²) in [5, 5.41) is 2.41. The van der Waals surface area contributed by atoms with Crippen LogP contribution >= 0.6 is 11.3 Å². The van der Waals surface area contributed by atoms with Crippen molar-refractivity contribution in [3.8, 4) is 10.6 Å². The van der Waals surface area contributed by atoms with Crippen LogP contribution in [0.5, 0.6) is 0 Å². The van der Waals surface area contributed by atoms with Gasteiger partial charge in [0.15, 0.2) is 12.3 Å². The quantitative estimate of drug-likeness (QED) is 0.540. The third-order valence-electron chi connectivity index (χ3n) is 4.62. The van der Waals surface area contributed by atoms with Crippen LogP contribution in [0.1, 0.15) is 34.1 Å². The van der Waals surface area contributed by atoms with Gasteiger partial charge in [0, 0.05) is 24.5 Å². The number of aromatic nitrogens is 1. The highest BCUT2D eigenvalue weighted by molar-refractivity contribution is 7.13. The Morgan fingerprint density at radius 3 is 2.34 bits per heavy atom. The molecule has 0 N–H and O–H groups in total. The first-order chi connectivity index (χ1) is 14.0. The van der Waals surface area contributed by atoms with Gasteiger partial charge >= 0.3 is 5.97 Å². The zero-order chi connectivity index (χ0) is 20.8. The summed E-state index contributed by atoms with van der Waals surface area (Å²) in [5.41, 5.74) is 4.62. The topological polar surface area (TPSA) is 59.5 Å². The Hall–Kier alpha value is -2.99. The van der Waals surface area contributed by atoms with E-state index in [4.69, 9.17) is 4.74 Å². The monoisotopic (exact) mass is 408 g/mol. The number of ether oxygens (including phenoxy) is 1. The molecule has 0 saturated heterocycles. The molecule has 0 unspecified atom stereocenters. The molecule has 0 aliphatic carbocycles. The van der Waals surface area contributed by atoms with E-state index in [1.54, 1.807) is 17.3 Å². The third-order valence-corrected chi connectivity index (χ3v) is 5.51. The molecule has 29 heavy (non-hydrogen) atoms. The molecular weight excluding hydrogens is 384 g/mol. The van der Waals surface area contributed by atoms with Gasteiger partial charge in [-0.15, -0.1) is 11.3 Å². The van der Waals surface area contributed by atoms with Crippen LogP contribution in [0.25, 0.3) is 10.6 Å². The first kappa shape index (κ1) is 20.7. The van der Waals surface area contributed by atoms with E-state index >= 15 is 0 Å². The number of rotatable bonds is 7. The largest absolute Gasteiger partial charge is 0.451 e. The molecule has 0 saturated carbocycles. The van der Waals surface area contributed by atoms with Crippen LogP contribution in [0.15, 0.2) is 53.9 Å². The van der Waals surface area contributed by atoms with Crippen molar-refractivity contribution in [2.75, 3.05) is 13.7 Å². The second kappa shape index (κ2) is 9.47. The second-order valence-electron chi connectivity index (χ2n) is 6.90. The summed E-state index contributed by atoms with van der Waals surface area (Å²) in [6.45, 7) is 4.28. The number of benzene rings is 2. The van der Waals surface area contributed by atoms with Crippen LogP contribution in [-0.2, 0) is 22.5 Å². The fourth-order valence-electron chi connectivity index (χ4n) is 2.75. The minimum atomic E-state index is -0.588. The van der Waals surface area contributed by atoms with E-state index in [0.29, 0.717) is 6.54 Å². The minimum absolute atomic E-state index is 0.221. The number of carbonyl (C=O) groups is 2. The lowest BCUT2D eigenvalue weighted by Crippen LogP contribution is -2.30. The Bertz CT molecular complexity index is 978. The van der Waals surface area contributed by atoms with Gasteiger partial charge in [-0.25, -0.2) is 9.78 Å². The van der Waals surface area contributed by atoms with Gasteiger partial charge in [-0.1, -0.05) is 61.0 Å². The summed E-state index contributed by atoms with van der Waals surface area (Å²) in [6, 6.07) is 16.1. The van der Waals surface area contributed by atoms with E-state index in [1.807, 2.05) is 43.3 Å². The first-order valence-corrected chi connectivity index (χ1v) is 10.4. The number of likely N-dealkylation sites (N-methyl/N-ethyl adjacent to an activating group) is 1. The van der Waals surface area contributed by atoms with E-state index in [2.05, 4.69) is 24.0 Å². The highest BCUT2D eigenvalue weighted by atomic mass is 32.1. The van der Waals surface area contributed by atoms with Crippen molar-refractivity contribution >= 4 is 23.2 Å². The first-order valence-electron chi connectivity index (χ1n) is 9.47. The fourth-order valence-corrected chi connectivity index (χ4v) is 3.55. The van der Waals surface area contributed by atoms with Crippen LogP contribution in [0.4, 0.5) is 0 Å². The third kappa shape index (κ3) is 5.51. The zero-order valence-corrected chi connectivity index (χ0v) is 17.7. The van der Waals surface area contributed by atoms with E-state index < -0.39 is 5.97 Å². The molecule has 3 aromatic rings. The van der Waals surface area contributed by atoms with Crippen molar-refractivity contribution in [2.45, 2.75) is 26.8 Å². The second-order valence-corrected chi connectivity index (χ2v) is 7.76. The molecule has 0 fully saturated rings. The molecule has 1 amide bonds.